The Labute approximate surface area is 168 Å². The lowest BCUT2D eigenvalue weighted by atomic mass is 10.1. The second-order valence-corrected chi connectivity index (χ2v) is 6.29. The number of nitrogens with zero attached hydrogens (tertiary/aromatic N) is 1. The highest BCUT2D eigenvalue weighted by Gasteiger charge is 2.18. The quantitative estimate of drug-likeness (QED) is 0.422. The number of hydrogen-bond acceptors (Lipinski definition) is 7. The molecule has 7 nitrogen and oxygen atoms in total. The lowest BCUT2D eigenvalue weighted by molar-refractivity contribution is 0.0469. The van der Waals surface area contributed by atoms with Gasteiger partial charge in [-0.2, -0.15) is 0 Å². The zero-order valence-corrected chi connectivity index (χ0v) is 16.4. The minimum atomic E-state index is -0.650. The second-order valence-electron chi connectivity index (χ2n) is 6.29. The highest BCUT2D eigenvalue weighted by atomic mass is 16.5. The van der Waals surface area contributed by atoms with Crippen molar-refractivity contribution in [3.63, 3.8) is 0 Å². The van der Waals surface area contributed by atoms with Crippen LogP contribution in [0.2, 0.25) is 0 Å². The van der Waals surface area contributed by atoms with E-state index in [0.29, 0.717) is 22.8 Å². The molecule has 0 spiro atoms. The molecule has 0 atom stereocenters. The number of ketones is 1. The summed E-state index contributed by atoms with van der Waals surface area (Å²) in [5.74, 6) is 0.427. The Morgan fingerprint density at radius 3 is 2.28 bits per heavy atom. The molecule has 0 aliphatic rings. The van der Waals surface area contributed by atoms with Crippen molar-refractivity contribution in [2.24, 2.45) is 0 Å². The van der Waals surface area contributed by atoms with E-state index in [1.807, 2.05) is 6.92 Å². The maximum atomic E-state index is 12.5. The van der Waals surface area contributed by atoms with Gasteiger partial charge in [0.15, 0.2) is 6.61 Å². The highest BCUT2D eigenvalue weighted by Crippen LogP contribution is 2.23. The van der Waals surface area contributed by atoms with Crippen LogP contribution in [0, 0.1) is 13.8 Å². The number of para-hydroxylation sites is 2. The Balaban J connectivity index is 1.67. The van der Waals surface area contributed by atoms with Crippen LogP contribution in [0.3, 0.4) is 0 Å². The number of aryl methyl sites for hydroxylation is 2. The van der Waals surface area contributed by atoms with Crippen molar-refractivity contribution >= 4 is 11.8 Å². The molecular weight excluding hydrogens is 374 g/mol. The third-order valence-corrected chi connectivity index (χ3v) is 4.40. The molecule has 0 aliphatic heterocycles. The second kappa shape index (κ2) is 9.05. The molecule has 0 bridgehead atoms. The van der Waals surface area contributed by atoms with Crippen LogP contribution in [-0.2, 0) is 11.3 Å². The molecule has 3 aromatic rings. The van der Waals surface area contributed by atoms with Crippen LogP contribution in [0.5, 0.6) is 11.5 Å². The average Bonchev–Trinajstić information content (AvgIpc) is 3.07. The summed E-state index contributed by atoms with van der Waals surface area (Å²) in [6.07, 6.45) is 0. The van der Waals surface area contributed by atoms with Gasteiger partial charge in [-0.15, -0.1) is 0 Å². The molecule has 0 N–H and O–H groups in total. The number of methoxy groups -OCH3 is 1. The van der Waals surface area contributed by atoms with Crippen molar-refractivity contribution in [3.05, 3.63) is 76.7 Å². The van der Waals surface area contributed by atoms with Gasteiger partial charge in [0.25, 0.3) is 0 Å². The van der Waals surface area contributed by atoms with Gasteiger partial charge in [-0.3, -0.25) is 4.79 Å². The first-order valence-electron chi connectivity index (χ1n) is 8.98. The molecule has 1 heterocycles. The van der Waals surface area contributed by atoms with Crippen LogP contribution in [0.15, 0.2) is 53.1 Å². The van der Waals surface area contributed by atoms with Crippen LogP contribution in [0.4, 0.5) is 0 Å². The lowest BCUT2D eigenvalue weighted by Crippen LogP contribution is -2.16. The normalized spacial score (nSPS) is 10.4. The highest BCUT2D eigenvalue weighted by molar-refractivity contribution is 6.01. The van der Waals surface area contributed by atoms with E-state index in [1.165, 1.54) is 7.11 Å². The van der Waals surface area contributed by atoms with E-state index in [0.717, 1.165) is 11.3 Å². The van der Waals surface area contributed by atoms with Gasteiger partial charge in [0.2, 0.25) is 5.78 Å². The van der Waals surface area contributed by atoms with Crippen LogP contribution >= 0.6 is 0 Å². The topological polar surface area (TPSA) is 87.9 Å². The van der Waals surface area contributed by atoms with Crippen molar-refractivity contribution in [2.75, 3.05) is 13.7 Å². The number of Topliss-reactive ketones (excluding diaryl/α,β-unsaturated/α-hetero) is 1. The fraction of sp³-hybridized carbons (Fsp3) is 0.227. The third-order valence-electron chi connectivity index (χ3n) is 4.40. The monoisotopic (exact) mass is 395 g/mol. The number of esters is 1. The van der Waals surface area contributed by atoms with Crippen LogP contribution in [0.25, 0.3) is 0 Å². The van der Waals surface area contributed by atoms with Crippen LogP contribution < -0.4 is 9.47 Å². The smallest absolute Gasteiger partial charge is 0.342 e. The van der Waals surface area contributed by atoms with E-state index in [4.69, 9.17) is 18.7 Å². The van der Waals surface area contributed by atoms with E-state index in [9.17, 15) is 9.59 Å². The molecule has 2 aromatic carbocycles. The van der Waals surface area contributed by atoms with Gasteiger partial charge >= 0.3 is 5.97 Å². The van der Waals surface area contributed by atoms with E-state index in [-0.39, 0.29) is 18.0 Å². The van der Waals surface area contributed by atoms with Crippen LogP contribution in [-0.4, -0.2) is 30.6 Å². The van der Waals surface area contributed by atoms with E-state index >= 15 is 0 Å². The van der Waals surface area contributed by atoms with Gasteiger partial charge in [-0.05, 0) is 38.1 Å². The number of hydrogen-bond donors (Lipinski definition) is 0. The van der Waals surface area contributed by atoms with Gasteiger partial charge in [0.05, 0.1) is 23.9 Å². The first kappa shape index (κ1) is 20.1. The molecule has 0 fully saturated rings. The fourth-order valence-electron chi connectivity index (χ4n) is 2.78. The Morgan fingerprint density at radius 1 is 0.966 bits per heavy atom. The maximum absolute atomic E-state index is 12.5. The fourth-order valence-corrected chi connectivity index (χ4v) is 2.78. The number of carbonyl (C=O) groups excluding carboxylic acids is 2. The first-order valence-corrected chi connectivity index (χ1v) is 8.98. The predicted octanol–water partition coefficient (Wildman–Crippen LogP) is 3.92. The molecule has 0 saturated carbocycles. The average molecular weight is 395 g/mol. The molecule has 0 radical (unpaired) electrons. The minimum absolute atomic E-state index is 0.200. The Bertz CT molecular complexity index is 1000. The molecule has 29 heavy (non-hydrogen) atoms. The van der Waals surface area contributed by atoms with Crippen molar-refractivity contribution in [1.82, 2.24) is 5.16 Å². The molecule has 150 valence electrons. The van der Waals surface area contributed by atoms with Gasteiger partial charge in [-0.25, -0.2) is 4.79 Å². The zero-order valence-electron chi connectivity index (χ0n) is 16.4. The van der Waals surface area contributed by atoms with E-state index < -0.39 is 12.6 Å². The largest absolute Gasteiger partial charge is 0.496 e. The van der Waals surface area contributed by atoms with Crippen LogP contribution in [0.1, 0.15) is 37.7 Å². The first-order chi connectivity index (χ1) is 14.0. The summed E-state index contributed by atoms with van der Waals surface area (Å²) < 4.78 is 21.3. The molecule has 3 rings (SSSR count). The molecule has 1 aromatic heterocycles. The maximum Gasteiger partial charge on any atom is 0.342 e. The summed E-state index contributed by atoms with van der Waals surface area (Å²) in [5.41, 5.74) is 2.13. The summed E-state index contributed by atoms with van der Waals surface area (Å²) in [6.45, 7) is 3.41. The molecule has 7 heteroatoms. The van der Waals surface area contributed by atoms with E-state index in [1.54, 1.807) is 55.5 Å². The zero-order chi connectivity index (χ0) is 20.8. The summed E-state index contributed by atoms with van der Waals surface area (Å²) in [4.78, 5) is 24.9. The van der Waals surface area contributed by atoms with Crippen molar-refractivity contribution in [1.29, 1.82) is 0 Å². The summed E-state index contributed by atoms with van der Waals surface area (Å²) in [5, 5.41) is 3.88. The number of benzene rings is 2. The third kappa shape index (κ3) is 4.63. The Hall–Kier alpha value is -3.61. The molecule has 0 unspecified atom stereocenters. The van der Waals surface area contributed by atoms with E-state index in [2.05, 4.69) is 5.16 Å². The lowest BCUT2D eigenvalue weighted by Gasteiger charge is -2.11. The molecule has 0 aliphatic carbocycles. The van der Waals surface area contributed by atoms with Crippen molar-refractivity contribution in [3.8, 4) is 11.5 Å². The number of ether oxygens (including phenoxy) is 3. The minimum Gasteiger partial charge on any atom is -0.496 e. The molecular formula is C22H21NO6. The van der Waals surface area contributed by atoms with Gasteiger partial charge in [0.1, 0.15) is 29.4 Å². The van der Waals surface area contributed by atoms with Crippen molar-refractivity contribution in [2.45, 2.75) is 20.5 Å². The SMILES string of the molecule is COc1ccccc1C(=O)COC(=O)c1ccccc1OCc1c(C)noc1C. The number of rotatable bonds is 8. The summed E-state index contributed by atoms with van der Waals surface area (Å²) >= 11 is 0. The number of aromatic nitrogens is 1. The van der Waals surface area contributed by atoms with Crippen molar-refractivity contribution < 1.29 is 28.3 Å². The van der Waals surface area contributed by atoms with Gasteiger partial charge in [0, 0.05) is 0 Å². The molecule has 0 amide bonds. The summed E-state index contributed by atoms with van der Waals surface area (Å²) in [7, 11) is 1.48. The standard InChI is InChI=1S/C22H21NO6/c1-14-18(15(2)29-23-14)12-27-21-11-7-5-9-17(21)22(25)28-13-19(24)16-8-4-6-10-20(16)26-3/h4-11H,12-13H2,1-3H3. The summed E-state index contributed by atoms with van der Waals surface area (Å²) in [6, 6.07) is 13.5. The van der Waals surface area contributed by atoms with Gasteiger partial charge < -0.3 is 18.7 Å². The Kier molecular flexibility index (Phi) is 6.29. The van der Waals surface area contributed by atoms with Gasteiger partial charge in [-0.1, -0.05) is 29.4 Å². The predicted molar refractivity (Wildman–Crippen MR) is 104 cm³/mol. The Morgan fingerprint density at radius 2 is 1.62 bits per heavy atom. The molecule has 0 saturated heterocycles. The number of carbonyl (C=O) groups is 2.